The van der Waals surface area contributed by atoms with Crippen LogP contribution in [0.4, 0.5) is 0 Å². The van der Waals surface area contributed by atoms with Crippen molar-refractivity contribution in [3.05, 3.63) is 0 Å². The van der Waals surface area contributed by atoms with Crippen LogP contribution in [0.2, 0.25) is 0 Å². The molecule has 0 bridgehead atoms. The maximum atomic E-state index is 2.41. The lowest BCUT2D eigenvalue weighted by atomic mass is 10.2. The Hall–Kier alpha value is 2.76. The molecular weight excluding hydrogens is 780 g/mol. The number of rotatable bonds is 0. The van der Waals surface area contributed by atoms with Crippen LogP contribution in [0.15, 0.2) is 0 Å². The Kier molecular flexibility index (Phi) is 20.5. The van der Waals surface area contributed by atoms with Crippen LogP contribution in [0.3, 0.4) is 0 Å². The van der Waals surface area contributed by atoms with E-state index in [1.165, 1.54) is 83.1 Å². The van der Waals surface area contributed by atoms with Crippen molar-refractivity contribution in [3.63, 3.8) is 0 Å². The van der Waals surface area contributed by atoms with Gasteiger partial charge in [0.05, 0.1) is 82.6 Å². The number of likely N-dealkylation sites (N-methyl/N-ethyl adjacent to an activating group) is 4. The first-order chi connectivity index (χ1) is 9.83. The van der Waals surface area contributed by atoms with Gasteiger partial charge in [-0.05, 0) is 0 Å². The largest absolute Gasteiger partial charge is 1.00 e. The van der Waals surface area contributed by atoms with Crippen LogP contribution in [0.5, 0.6) is 0 Å². The molecule has 0 aliphatic carbocycles. The van der Waals surface area contributed by atoms with Crippen molar-refractivity contribution < 1.29 is 114 Å². The van der Waals surface area contributed by atoms with Crippen molar-refractivity contribution in [2.45, 2.75) is 12.8 Å². The van der Waals surface area contributed by atoms with E-state index >= 15 is 0 Å². The highest BCUT2D eigenvalue weighted by atomic mass is 127. The van der Waals surface area contributed by atoms with E-state index in [9.17, 15) is 0 Å². The Bertz CT molecular complexity index is 295. The molecule has 0 amide bonds. The molecule has 0 aromatic carbocycles. The summed E-state index contributed by atoms with van der Waals surface area (Å²) in [6.45, 7) is 10.4. The zero-order valence-corrected chi connectivity index (χ0v) is 27.0. The van der Waals surface area contributed by atoms with Crippen molar-refractivity contribution in [1.82, 2.24) is 0 Å². The molecule has 0 atom stereocenters. The molecule has 1 aliphatic rings. The maximum Gasteiger partial charge on any atom is 0.128 e. The van der Waals surface area contributed by atoms with Crippen LogP contribution >= 0.6 is 0 Å². The smallest absolute Gasteiger partial charge is 0.128 e. The van der Waals surface area contributed by atoms with Gasteiger partial charge >= 0.3 is 0 Å². The summed E-state index contributed by atoms with van der Waals surface area (Å²) in [7, 11) is 19.3. The monoisotopic (exact) mass is 824 g/mol. The molecule has 0 radical (unpaired) electrons. The number of nitrogens with zero attached hydrogens (tertiary/aromatic N) is 4. The highest BCUT2D eigenvalue weighted by Crippen LogP contribution is 2.11. The molecule has 0 N–H and O–H groups in total. The van der Waals surface area contributed by atoms with E-state index in [1.54, 1.807) is 0 Å². The highest BCUT2D eigenvalue weighted by Gasteiger charge is 2.28. The Balaban J connectivity index is -0.000000605. The highest BCUT2D eigenvalue weighted by molar-refractivity contribution is 4.45. The lowest BCUT2D eigenvalue weighted by Crippen LogP contribution is -3.00. The van der Waals surface area contributed by atoms with Crippen molar-refractivity contribution in [2.24, 2.45) is 0 Å². The minimum absolute atomic E-state index is 0. The topological polar surface area (TPSA) is 0 Å². The van der Waals surface area contributed by atoms with Gasteiger partial charge in [0.15, 0.2) is 0 Å². The third-order valence-corrected chi connectivity index (χ3v) is 5.68. The zero-order chi connectivity index (χ0) is 17.1. The molecule has 1 rings (SSSR count). The second-order valence-electron chi connectivity index (χ2n) is 10.2. The second-order valence-corrected chi connectivity index (χ2v) is 10.2. The molecule has 4 nitrogen and oxygen atoms in total. The molecule has 1 aliphatic heterocycles. The SMILES string of the molecule is C[N+]1(C)CCC[N+](C)(C)CC[N+](C)(C)CCC[N+](C)(C)CC1.[I-].[I-].[I-].[I-]. The Labute approximate surface area is 232 Å². The first-order valence-electron chi connectivity index (χ1n) is 9.11. The average molecular weight is 824 g/mol. The van der Waals surface area contributed by atoms with Crippen molar-refractivity contribution in [1.29, 1.82) is 0 Å². The van der Waals surface area contributed by atoms with Gasteiger partial charge in [0.1, 0.15) is 26.2 Å². The van der Waals surface area contributed by atoms with E-state index in [4.69, 9.17) is 0 Å². The fourth-order valence-electron chi connectivity index (χ4n) is 3.38. The van der Waals surface area contributed by atoms with Crippen molar-refractivity contribution in [2.75, 3.05) is 109 Å². The van der Waals surface area contributed by atoms with E-state index in [0.717, 1.165) is 0 Å². The predicted octanol–water partition coefficient (Wildman–Crippen LogP) is -10.9. The van der Waals surface area contributed by atoms with Gasteiger partial charge < -0.3 is 114 Å². The molecule has 0 saturated carbocycles. The fraction of sp³-hybridized carbons (Fsp3) is 1.00. The molecule has 0 aromatic rings. The normalized spacial score (nSPS) is 24.9. The van der Waals surface area contributed by atoms with Gasteiger partial charge in [0.2, 0.25) is 0 Å². The molecule has 0 spiro atoms. The maximum absolute atomic E-state index is 2.41. The van der Waals surface area contributed by atoms with Gasteiger partial charge in [-0.15, -0.1) is 0 Å². The summed E-state index contributed by atoms with van der Waals surface area (Å²) in [6, 6.07) is 0. The van der Waals surface area contributed by atoms with Crippen LogP contribution in [-0.4, -0.2) is 127 Å². The molecule has 1 saturated heterocycles. The van der Waals surface area contributed by atoms with E-state index in [0.29, 0.717) is 0 Å². The fourth-order valence-corrected chi connectivity index (χ4v) is 3.38. The van der Waals surface area contributed by atoms with Gasteiger partial charge in [0.25, 0.3) is 0 Å². The lowest BCUT2D eigenvalue weighted by molar-refractivity contribution is -0.963. The first-order valence-corrected chi connectivity index (χ1v) is 9.11. The Morgan fingerprint density at radius 1 is 0.308 bits per heavy atom. The molecule has 26 heavy (non-hydrogen) atoms. The minimum Gasteiger partial charge on any atom is -1.00 e. The third-order valence-electron chi connectivity index (χ3n) is 5.68. The number of halogens is 4. The van der Waals surface area contributed by atoms with E-state index < -0.39 is 0 Å². The summed E-state index contributed by atoms with van der Waals surface area (Å²) in [5.41, 5.74) is 0. The first kappa shape index (κ1) is 36.2. The van der Waals surface area contributed by atoms with Crippen LogP contribution in [0, 0.1) is 0 Å². The summed E-state index contributed by atoms with van der Waals surface area (Å²) in [6.07, 6.45) is 2.67. The van der Waals surface area contributed by atoms with Crippen molar-refractivity contribution in [3.8, 4) is 0 Å². The van der Waals surface area contributed by atoms with Gasteiger partial charge in [-0.1, -0.05) is 0 Å². The molecule has 1 heterocycles. The van der Waals surface area contributed by atoms with Crippen molar-refractivity contribution >= 4 is 0 Å². The lowest BCUT2D eigenvalue weighted by Gasteiger charge is -2.39. The molecule has 164 valence electrons. The summed E-state index contributed by atoms with van der Waals surface area (Å²) >= 11 is 0. The summed E-state index contributed by atoms with van der Waals surface area (Å²) in [5, 5.41) is 0. The van der Waals surface area contributed by atoms with E-state index in [1.807, 2.05) is 0 Å². The van der Waals surface area contributed by atoms with E-state index in [2.05, 4.69) is 56.4 Å². The molecular formula is C18H44I4N4. The number of hydrogen-bond acceptors (Lipinski definition) is 0. The van der Waals surface area contributed by atoms with Crippen LogP contribution < -0.4 is 95.9 Å². The van der Waals surface area contributed by atoms with Gasteiger partial charge in [-0.2, -0.15) is 0 Å². The standard InChI is InChI=1S/C18H44N4.4HI/c1-19(2)11-9-12-21(5,6)17-18-22(7,8)14-10-13-20(3,4)16-15-19;;;;/h9-18H2,1-8H3;4*1H/q+4;;;;/p-4. The third kappa shape index (κ3) is 16.5. The number of quaternary nitrogens is 4. The molecule has 0 aromatic heterocycles. The molecule has 0 unspecified atom stereocenters. The number of hydrogen-bond donors (Lipinski definition) is 0. The minimum atomic E-state index is 0. The van der Waals surface area contributed by atoms with Crippen LogP contribution in [0.25, 0.3) is 0 Å². The summed E-state index contributed by atoms with van der Waals surface area (Å²) < 4.78 is 4.68. The molecule has 8 heteroatoms. The predicted molar refractivity (Wildman–Crippen MR) is 96.6 cm³/mol. The average Bonchev–Trinajstić information content (AvgIpc) is 2.33. The van der Waals surface area contributed by atoms with Gasteiger partial charge in [-0.3, -0.25) is 0 Å². The summed E-state index contributed by atoms with van der Waals surface area (Å²) in [4.78, 5) is 0. The van der Waals surface area contributed by atoms with Gasteiger partial charge in [-0.25, -0.2) is 0 Å². The molecule has 1 fully saturated rings. The van der Waals surface area contributed by atoms with Crippen LogP contribution in [-0.2, 0) is 0 Å². The summed E-state index contributed by atoms with van der Waals surface area (Å²) in [5.74, 6) is 0. The zero-order valence-electron chi connectivity index (χ0n) is 18.4. The second kappa shape index (κ2) is 14.7. The van der Waals surface area contributed by atoms with Crippen LogP contribution in [0.1, 0.15) is 12.8 Å². The Morgan fingerprint density at radius 3 is 0.615 bits per heavy atom. The Morgan fingerprint density at radius 2 is 0.462 bits per heavy atom. The van der Waals surface area contributed by atoms with Gasteiger partial charge in [0, 0.05) is 12.8 Å². The van der Waals surface area contributed by atoms with E-state index in [-0.39, 0.29) is 95.9 Å². The quantitative estimate of drug-likeness (QED) is 0.169.